The van der Waals surface area contributed by atoms with E-state index in [9.17, 15) is 9.90 Å². The second kappa shape index (κ2) is 10.8. The predicted octanol–water partition coefficient (Wildman–Crippen LogP) is 4.89. The van der Waals surface area contributed by atoms with Crippen LogP contribution in [0, 0.1) is 12.8 Å². The number of imidazole rings is 1. The molecule has 7 nitrogen and oxygen atoms in total. The van der Waals surface area contributed by atoms with Crippen LogP contribution in [0.5, 0.6) is 5.75 Å². The average Bonchev–Trinajstić information content (AvgIpc) is 3.23. The molecule has 1 aliphatic rings. The van der Waals surface area contributed by atoms with Crippen molar-refractivity contribution in [2.75, 3.05) is 20.2 Å². The van der Waals surface area contributed by atoms with Gasteiger partial charge in [0.15, 0.2) is 0 Å². The monoisotopic (exact) mass is 530 g/mol. The number of piperidine rings is 1. The van der Waals surface area contributed by atoms with Crippen molar-refractivity contribution in [3.8, 4) is 11.4 Å². The zero-order valence-corrected chi connectivity index (χ0v) is 22.5. The molecule has 2 unspecified atom stereocenters. The molecule has 0 bridgehead atoms. The van der Waals surface area contributed by atoms with Crippen LogP contribution in [0.1, 0.15) is 41.9 Å². The summed E-state index contributed by atoms with van der Waals surface area (Å²) in [5.41, 5.74) is 2.31. The Morgan fingerprint density at radius 1 is 1.19 bits per heavy atom. The molecule has 0 spiro atoms. The van der Waals surface area contributed by atoms with Crippen molar-refractivity contribution in [2.24, 2.45) is 5.92 Å². The van der Waals surface area contributed by atoms with Crippen LogP contribution < -0.4 is 10.1 Å². The second-order valence-corrected chi connectivity index (χ2v) is 10.9. The largest absolute Gasteiger partial charge is 0.495 e. The van der Waals surface area contributed by atoms with E-state index in [1.807, 2.05) is 49.7 Å². The lowest BCUT2D eigenvalue weighted by Gasteiger charge is -2.42. The maximum absolute atomic E-state index is 13.2. The number of aliphatic hydroxyl groups is 1. The van der Waals surface area contributed by atoms with E-state index in [4.69, 9.17) is 27.9 Å². The summed E-state index contributed by atoms with van der Waals surface area (Å²) in [5.74, 6) is 0.374. The van der Waals surface area contributed by atoms with Gasteiger partial charge in [-0.2, -0.15) is 0 Å². The third kappa shape index (κ3) is 6.40. The van der Waals surface area contributed by atoms with E-state index in [-0.39, 0.29) is 17.9 Å². The minimum absolute atomic E-state index is 0.0207. The molecule has 3 aromatic rings. The third-order valence-corrected chi connectivity index (χ3v) is 7.06. The number of hydrogen-bond acceptors (Lipinski definition) is 5. The Bertz CT molecular complexity index is 1220. The number of aromatic nitrogens is 2. The van der Waals surface area contributed by atoms with Gasteiger partial charge in [-0.05, 0) is 69.2 Å². The SMILES string of the molecule is COc1cc(C(=O)NC2CC(C(C)(C)O)CN(Cc3cc(Cl)cc(Cl)c3)C2)ccc1-n1cnc(C)c1. The first-order valence-corrected chi connectivity index (χ1v) is 12.7. The highest BCUT2D eigenvalue weighted by Crippen LogP contribution is 2.30. The van der Waals surface area contributed by atoms with Crippen LogP contribution in [-0.4, -0.2) is 57.3 Å². The molecule has 36 heavy (non-hydrogen) atoms. The first kappa shape index (κ1) is 26.5. The fourth-order valence-electron chi connectivity index (χ4n) is 4.75. The van der Waals surface area contributed by atoms with E-state index in [1.54, 1.807) is 31.6 Å². The quantitative estimate of drug-likeness (QED) is 0.454. The summed E-state index contributed by atoms with van der Waals surface area (Å²) in [6.45, 7) is 7.51. The van der Waals surface area contributed by atoms with Gasteiger partial charge in [0.1, 0.15) is 5.75 Å². The number of ether oxygens (including phenoxy) is 1. The summed E-state index contributed by atoms with van der Waals surface area (Å²) in [7, 11) is 1.58. The van der Waals surface area contributed by atoms with Crippen LogP contribution in [0.15, 0.2) is 48.9 Å². The molecule has 2 N–H and O–H groups in total. The number of nitrogens with zero attached hydrogens (tertiary/aromatic N) is 3. The Balaban J connectivity index is 1.51. The van der Waals surface area contributed by atoms with E-state index in [0.29, 0.717) is 47.4 Å². The van der Waals surface area contributed by atoms with Gasteiger partial charge >= 0.3 is 0 Å². The van der Waals surface area contributed by atoms with Gasteiger partial charge in [-0.1, -0.05) is 23.2 Å². The van der Waals surface area contributed by atoms with Crippen LogP contribution in [0.3, 0.4) is 0 Å². The van der Waals surface area contributed by atoms with Gasteiger partial charge in [0.25, 0.3) is 5.91 Å². The first-order valence-electron chi connectivity index (χ1n) is 11.9. The number of amides is 1. The molecule has 0 aliphatic carbocycles. The van der Waals surface area contributed by atoms with Gasteiger partial charge in [0.2, 0.25) is 0 Å². The summed E-state index contributed by atoms with van der Waals surface area (Å²) >= 11 is 12.4. The number of benzene rings is 2. The standard InChI is InChI=1S/C27H32Cl2N4O3/c1-17-12-33(16-30-17)24-6-5-19(9-25(24)36-4)26(34)31-23-10-20(27(2,3)35)14-32(15-23)13-18-7-21(28)11-22(29)8-18/h5-9,11-12,16,20,23,35H,10,13-15H2,1-4H3,(H,31,34). The molecule has 1 fully saturated rings. The van der Waals surface area contributed by atoms with Crippen LogP contribution in [-0.2, 0) is 6.54 Å². The van der Waals surface area contributed by atoms with E-state index >= 15 is 0 Å². The van der Waals surface area contributed by atoms with Crippen molar-refractivity contribution in [3.63, 3.8) is 0 Å². The van der Waals surface area contributed by atoms with Crippen LogP contribution >= 0.6 is 23.2 Å². The van der Waals surface area contributed by atoms with Crippen molar-refractivity contribution >= 4 is 29.1 Å². The molecule has 1 aliphatic heterocycles. The molecule has 192 valence electrons. The predicted molar refractivity (Wildman–Crippen MR) is 142 cm³/mol. The lowest BCUT2D eigenvalue weighted by Crippen LogP contribution is -2.54. The smallest absolute Gasteiger partial charge is 0.251 e. The molecule has 9 heteroatoms. The lowest BCUT2D eigenvalue weighted by atomic mass is 9.82. The Labute approximate surface area is 222 Å². The molecule has 2 aromatic carbocycles. The van der Waals surface area contributed by atoms with E-state index in [0.717, 1.165) is 16.9 Å². The maximum atomic E-state index is 13.2. The van der Waals surface area contributed by atoms with Crippen LogP contribution in [0.4, 0.5) is 0 Å². The molecule has 1 amide bonds. The molecule has 2 atom stereocenters. The number of hydrogen-bond donors (Lipinski definition) is 2. The topological polar surface area (TPSA) is 79.6 Å². The van der Waals surface area contributed by atoms with E-state index in [2.05, 4.69) is 15.2 Å². The molecule has 0 radical (unpaired) electrons. The van der Waals surface area contributed by atoms with Crippen molar-refractivity contribution in [1.82, 2.24) is 19.8 Å². The molecule has 2 heterocycles. The van der Waals surface area contributed by atoms with Gasteiger partial charge in [-0.3, -0.25) is 9.69 Å². The number of likely N-dealkylation sites (tertiary alicyclic amines) is 1. The highest BCUT2D eigenvalue weighted by molar-refractivity contribution is 6.34. The molecule has 0 saturated carbocycles. The Morgan fingerprint density at radius 2 is 1.92 bits per heavy atom. The van der Waals surface area contributed by atoms with Crippen LogP contribution in [0.25, 0.3) is 5.69 Å². The Hall–Kier alpha value is -2.58. The fourth-order valence-corrected chi connectivity index (χ4v) is 5.32. The number of methoxy groups -OCH3 is 1. The number of rotatable bonds is 7. The van der Waals surface area contributed by atoms with Gasteiger partial charge in [-0.15, -0.1) is 0 Å². The first-order chi connectivity index (χ1) is 17.0. The van der Waals surface area contributed by atoms with Crippen LogP contribution in [0.2, 0.25) is 10.0 Å². The van der Waals surface area contributed by atoms with Gasteiger partial charge in [-0.25, -0.2) is 4.98 Å². The molecular formula is C27H32Cl2N4O3. The Kier molecular flexibility index (Phi) is 7.95. The molecule has 4 rings (SSSR count). The number of aryl methyl sites for hydroxylation is 1. The Morgan fingerprint density at radius 3 is 2.53 bits per heavy atom. The fraction of sp³-hybridized carbons (Fsp3) is 0.407. The van der Waals surface area contributed by atoms with E-state index in [1.165, 1.54) is 0 Å². The van der Waals surface area contributed by atoms with Crippen molar-refractivity contribution in [2.45, 2.75) is 45.4 Å². The highest BCUT2D eigenvalue weighted by atomic mass is 35.5. The number of halogens is 2. The van der Waals surface area contributed by atoms with Gasteiger partial charge in [0.05, 0.1) is 30.4 Å². The summed E-state index contributed by atoms with van der Waals surface area (Å²) < 4.78 is 7.43. The summed E-state index contributed by atoms with van der Waals surface area (Å²) in [6, 6.07) is 10.7. The van der Waals surface area contributed by atoms with Crippen molar-refractivity contribution < 1.29 is 14.6 Å². The number of carbonyl (C=O) groups excluding carboxylic acids is 1. The zero-order valence-electron chi connectivity index (χ0n) is 21.0. The zero-order chi connectivity index (χ0) is 26.0. The summed E-state index contributed by atoms with van der Waals surface area (Å²) in [5, 5.41) is 15.1. The number of carbonyl (C=O) groups is 1. The summed E-state index contributed by atoms with van der Waals surface area (Å²) in [6.07, 6.45) is 4.29. The maximum Gasteiger partial charge on any atom is 0.251 e. The minimum atomic E-state index is -0.887. The van der Waals surface area contributed by atoms with Gasteiger partial charge < -0.3 is 19.7 Å². The minimum Gasteiger partial charge on any atom is -0.495 e. The highest BCUT2D eigenvalue weighted by Gasteiger charge is 2.36. The second-order valence-electron chi connectivity index (χ2n) is 10.0. The van der Waals surface area contributed by atoms with E-state index < -0.39 is 5.60 Å². The molecule has 1 saturated heterocycles. The van der Waals surface area contributed by atoms with Gasteiger partial charge in [0, 0.05) is 53.4 Å². The molecule has 1 aromatic heterocycles. The molecular weight excluding hydrogens is 499 g/mol. The van der Waals surface area contributed by atoms with Crippen molar-refractivity contribution in [3.05, 3.63) is 75.8 Å². The average molecular weight is 531 g/mol. The summed E-state index contributed by atoms with van der Waals surface area (Å²) in [4.78, 5) is 19.7. The number of nitrogens with one attached hydrogen (secondary N) is 1. The third-order valence-electron chi connectivity index (χ3n) is 6.62. The lowest BCUT2D eigenvalue weighted by molar-refractivity contribution is -0.0275. The normalized spacial score (nSPS) is 18.8. The van der Waals surface area contributed by atoms with Crippen molar-refractivity contribution in [1.29, 1.82) is 0 Å².